The van der Waals surface area contributed by atoms with E-state index in [9.17, 15) is 13.6 Å². The van der Waals surface area contributed by atoms with Crippen LogP contribution in [0, 0.1) is 0 Å². The molecule has 0 saturated carbocycles. The van der Waals surface area contributed by atoms with Crippen molar-refractivity contribution in [3.8, 4) is 5.95 Å². The third kappa shape index (κ3) is 3.55. The second-order valence-electron chi connectivity index (χ2n) is 4.71. The van der Waals surface area contributed by atoms with Crippen molar-refractivity contribution in [1.29, 1.82) is 0 Å². The lowest BCUT2D eigenvalue weighted by Crippen LogP contribution is -2.35. The largest absolute Gasteiger partial charge is 0.322 e. The second kappa shape index (κ2) is 6.32. The average molecular weight is 331 g/mol. The molecule has 1 aliphatic heterocycles. The van der Waals surface area contributed by atoms with E-state index in [1.807, 2.05) is 0 Å². The summed E-state index contributed by atoms with van der Waals surface area (Å²) in [6.45, 7) is -0.484. The predicted molar refractivity (Wildman–Crippen MR) is 76.4 cm³/mol. The number of alkyl halides is 2. The normalized spacial score (nSPS) is 19.5. The van der Waals surface area contributed by atoms with E-state index in [2.05, 4.69) is 25.7 Å². The zero-order valence-corrected chi connectivity index (χ0v) is 12.1. The lowest BCUT2D eigenvalue weighted by atomic mass is 10.2. The number of halogens is 3. The number of hydrogen-bond acceptors (Lipinski definition) is 5. The van der Waals surface area contributed by atoms with Crippen LogP contribution in [-0.2, 0) is 4.79 Å². The number of carbonyl (C=O) groups is 1. The van der Waals surface area contributed by atoms with Gasteiger partial charge in [0.25, 0.3) is 5.92 Å². The Hall–Kier alpha value is -2.13. The minimum Gasteiger partial charge on any atom is -0.322 e. The first-order chi connectivity index (χ1) is 10.0. The van der Waals surface area contributed by atoms with Gasteiger partial charge in [0.05, 0.1) is 30.7 Å². The Kier molecular flexibility index (Phi) is 4.67. The van der Waals surface area contributed by atoms with E-state index < -0.39 is 30.8 Å². The van der Waals surface area contributed by atoms with Crippen molar-refractivity contribution in [1.82, 2.24) is 25.1 Å². The van der Waals surface area contributed by atoms with E-state index >= 15 is 0 Å². The number of amides is 1. The van der Waals surface area contributed by atoms with Crippen LogP contribution < -0.4 is 10.6 Å². The molecular weight excluding hydrogens is 318 g/mol. The molecule has 2 N–H and O–H groups in total. The van der Waals surface area contributed by atoms with Crippen LogP contribution >= 0.6 is 12.4 Å². The Morgan fingerprint density at radius 2 is 2.14 bits per heavy atom. The summed E-state index contributed by atoms with van der Waals surface area (Å²) in [6, 6.07) is 0.762. The van der Waals surface area contributed by atoms with Crippen LogP contribution in [0.25, 0.3) is 5.95 Å². The van der Waals surface area contributed by atoms with Crippen LogP contribution in [-0.4, -0.2) is 44.2 Å². The molecule has 1 unspecified atom stereocenters. The first kappa shape index (κ1) is 16.2. The number of aromatic nitrogens is 4. The summed E-state index contributed by atoms with van der Waals surface area (Å²) in [5.74, 6) is -3.01. The number of nitrogens with zero attached hydrogens (tertiary/aromatic N) is 4. The molecule has 22 heavy (non-hydrogen) atoms. The minimum absolute atomic E-state index is 0. The monoisotopic (exact) mass is 330 g/mol. The quantitative estimate of drug-likeness (QED) is 0.877. The molecule has 1 amide bonds. The molecule has 3 rings (SSSR count). The van der Waals surface area contributed by atoms with E-state index in [0.29, 0.717) is 11.6 Å². The highest BCUT2D eigenvalue weighted by Crippen LogP contribution is 2.25. The van der Waals surface area contributed by atoms with Crippen molar-refractivity contribution in [2.24, 2.45) is 0 Å². The summed E-state index contributed by atoms with van der Waals surface area (Å²) in [5.41, 5.74) is 0.393. The van der Waals surface area contributed by atoms with Gasteiger partial charge in [-0.1, -0.05) is 0 Å². The molecule has 3 heterocycles. The Labute approximate surface area is 130 Å². The number of nitrogens with one attached hydrogen (secondary N) is 2. The van der Waals surface area contributed by atoms with Crippen molar-refractivity contribution in [2.45, 2.75) is 18.4 Å². The fourth-order valence-electron chi connectivity index (χ4n) is 2.04. The number of carbonyl (C=O) groups excluding carboxylic acids is 1. The Morgan fingerprint density at radius 1 is 1.41 bits per heavy atom. The molecule has 1 fully saturated rings. The van der Waals surface area contributed by atoms with Gasteiger partial charge >= 0.3 is 0 Å². The molecule has 0 aromatic carbocycles. The van der Waals surface area contributed by atoms with Gasteiger partial charge in [-0.15, -0.1) is 12.4 Å². The molecule has 7 nitrogen and oxygen atoms in total. The molecule has 1 atom stereocenters. The zero-order chi connectivity index (χ0) is 14.9. The Balaban J connectivity index is 0.00000176. The standard InChI is InChI=1S/C12H12F2N6O.ClH/c13-12(14)4-9(17-7-12)10(21)19-8-5-18-20(6-8)11-15-2-1-3-16-11;/h1-3,5-6,9,17H,4,7H2,(H,19,21);1H. The van der Waals surface area contributed by atoms with Crippen LogP contribution in [0.5, 0.6) is 0 Å². The van der Waals surface area contributed by atoms with Crippen LogP contribution in [0.4, 0.5) is 14.5 Å². The highest BCUT2D eigenvalue weighted by atomic mass is 35.5. The lowest BCUT2D eigenvalue weighted by Gasteiger charge is -2.09. The summed E-state index contributed by atoms with van der Waals surface area (Å²) in [7, 11) is 0. The fourth-order valence-corrected chi connectivity index (χ4v) is 2.04. The van der Waals surface area contributed by atoms with Crippen LogP contribution in [0.1, 0.15) is 6.42 Å². The smallest absolute Gasteiger partial charge is 0.262 e. The van der Waals surface area contributed by atoms with E-state index in [1.165, 1.54) is 17.1 Å². The van der Waals surface area contributed by atoms with Gasteiger partial charge in [-0.25, -0.2) is 23.4 Å². The predicted octanol–water partition coefficient (Wildman–Crippen LogP) is 1.02. The lowest BCUT2D eigenvalue weighted by molar-refractivity contribution is -0.118. The van der Waals surface area contributed by atoms with Gasteiger partial charge in [0.1, 0.15) is 0 Å². The SMILES string of the molecule is Cl.O=C(Nc1cnn(-c2ncccn2)c1)C1CC(F)(F)CN1. The third-order valence-electron chi connectivity index (χ3n) is 3.03. The summed E-state index contributed by atoms with van der Waals surface area (Å²) in [6.07, 6.45) is 5.54. The van der Waals surface area contributed by atoms with Crippen LogP contribution in [0.15, 0.2) is 30.9 Å². The van der Waals surface area contributed by atoms with Crippen molar-refractivity contribution >= 4 is 24.0 Å². The van der Waals surface area contributed by atoms with Crippen molar-refractivity contribution in [3.63, 3.8) is 0 Å². The summed E-state index contributed by atoms with van der Waals surface area (Å²) >= 11 is 0. The molecule has 0 spiro atoms. The first-order valence-corrected chi connectivity index (χ1v) is 6.28. The first-order valence-electron chi connectivity index (χ1n) is 6.28. The van der Waals surface area contributed by atoms with Gasteiger partial charge in [-0.05, 0) is 6.07 Å². The number of anilines is 1. The fraction of sp³-hybridized carbons (Fsp3) is 0.333. The topological polar surface area (TPSA) is 84.7 Å². The van der Waals surface area contributed by atoms with Crippen molar-refractivity contribution < 1.29 is 13.6 Å². The molecule has 0 radical (unpaired) electrons. The highest BCUT2D eigenvalue weighted by molar-refractivity contribution is 5.94. The molecule has 2 aromatic heterocycles. The van der Waals surface area contributed by atoms with E-state index in [4.69, 9.17) is 0 Å². The summed E-state index contributed by atoms with van der Waals surface area (Å²) < 4.78 is 27.5. The summed E-state index contributed by atoms with van der Waals surface area (Å²) in [4.78, 5) is 19.9. The zero-order valence-electron chi connectivity index (χ0n) is 11.2. The van der Waals surface area contributed by atoms with E-state index in [0.717, 1.165) is 0 Å². The molecule has 1 saturated heterocycles. The van der Waals surface area contributed by atoms with Crippen molar-refractivity contribution in [2.75, 3.05) is 11.9 Å². The second-order valence-corrected chi connectivity index (χ2v) is 4.71. The minimum atomic E-state index is -2.84. The summed E-state index contributed by atoms with van der Waals surface area (Å²) in [5, 5.41) is 9.03. The van der Waals surface area contributed by atoms with Gasteiger partial charge in [-0.3, -0.25) is 10.1 Å². The van der Waals surface area contributed by atoms with E-state index in [-0.39, 0.29) is 12.4 Å². The van der Waals surface area contributed by atoms with E-state index in [1.54, 1.807) is 18.5 Å². The number of hydrogen-bond donors (Lipinski definition) is 2. The maximum absolute atomic E-state index is 13.0. The van der Waals surface area contributed by atoms with Gasteiger partial charge in [0.2, 0.25) is 11.9 Å². The van der Waals surface area contributed by atoms with Gasteiger partial charge < -0.3 is 5.32 Å². The molecular formula is C12H13ClF2N6O. The molecule has 118 valence electrons. The van der Waals surface area contributed by atoms with Crippen molar-refractivity contribution in [3.05, 3.63) is 30.9 Å². The average Bonchev–Trinajstić information content (AvgIpc) is 3.06. The van der Waals surface area contributed by atoms with Gasteiger partial charge in [0.15, 0.2) is 0 Å². The maximum atomic E-state index is 13.0. The Morgan fingerprint density at radius 3 is 2.77 bits per heavy atom. The molecule has 0 bridgehead atoms. The molecule has 1 aliphatic rings. The maximum Gasteiger partial charge on any atom is 0.262 e. The highest BCUT2D eigenvalue weighted by Gasteiger charge is 2.42. The van der Waals surface area contributed by atoms with Crippen LogP contribution in [0.3, 0.4) is 0 Å². The van der Waals surface area contributed by atoms with Gasteiger partial charge in [-0.2, -0.15) is 5.10 Å². The molecule has 2 aromatic rings. The third-order valence-corrected chi connectivity index (χ3v) is 3.03. The Bertz CT molecular complexity index is 650. The molecule has 0 aliphatic carbocycles. The van der Waals surface area contributed by atoms with Crippen LogP contribution in [0.2, 0.25) is 0 Å². The molecule has 10 heteroatoms. The number of rotatable bonds is 3. The van der Waals surface area contributed by atoms with Gasteiger partial charge in [0, 0.05) is 18.8 Å².